The van der Waals surface area contributed by atoms with Crippen molar-refractivity contribution in [3.8, 4) is 0 Å². The molecule has 2 heterocycles. The molecule has 2 aliphatic rings. The van der Waals surface area contributed by atoms with Gasteiger partial charge in [-0.05, 0) is 31.3 Å². The van der Waals surface area contributed by atoms with Gasteiger partial charge in [-0.2, -0.15) is 0 Å². The fourth-order valence-corrected chi connectivity index (χ4v) is 3.75. The molecular weight excluding hydrogens is 182 g/mol. The molecule has 11 heavy (non-hydrogen) atoms. The topological polar surface area (TPSA) is 29.1 Å². The van der Waals surface area contributed by atoms with E-state index in [-0.39, 0.29) is 12.4 Å². The summed E-state index contributed by atoms with van der Waals surface area (Å²) in [6.45, 7) is 2.27. The quantitative estimate of drug-likeness (QED) is 0.612. The number of hydrogen-bond donors (Lipinski definition) is 1. The SMILES string of the molecule is Cl.O=S1CC2(CCNCC2)C1. The Kier molecular flexibility index (Phi) is 2.95. The molecule has 2 nitrogen and oxygen atoms in total. The second-order valence-corrected chi connectivity index (χ2v) is 4.94. The number of nitrogens with one attached hydrogen (secondary N) is 1. The summed E-state index contributed by atoms with van der Waals surface area (Å²) >= 11 is 0. The lowest BCUT2D eigenvalue weighted by Gasteiger charge is -2.43. The van der Waals surface area contributed by atoms with Crippen LogP contribution >= 0.6 is 12.4 Å². The van der Waals surface area contributed by atoms with Crippen molar-refractivity contribution in [3.05, 3.63) is 0 Å². The van der Waals surface area contributed by atoms with Gasteiger partial charge < -0.3 is 5.32 Å². The predicted octanol–water partition coefficient (Wildman–Crippen LogP) is 0.540. The molecule has 0 unspecified atom stereocenters. The third-order valence-electron chi connectivity index (χ3n) is 2.60. The summed E-state index contributed by atoms with van der Waals surface area (Å²) in [7, 11) is -0.457. The highest BCUT2D eigenvalue weighted by Crippen LogP contribution is 2.38. The normalized spacial score (nSPS) is 29.1. The van der Waals surface area contributed by atoms with Crippen molar-refractivity contribution in [1.82, 2.24) is 5.32 Å². The maximum absolute atomic E-state index is 10.9. The minimum Gasteiger partial charge on any atom is -0.317 e. The summed E-state index contributed by atoms with van der Waals surface area (Å²) in [5, 5.41) is 3.32. The van der Waals surface area contributed by atoms with E-state index in [9.17, 15) is 4.21 Å². The second kappa shape index (κ2) is 3.42. The van der Waals surface area contributed by atoms with E-state index in [1.54, 1.807) is 0 Å². The van der Waals surface area contributed by atoms with Crippen molar-refractivity contribution in [2.45, 2.75) is 12.8 Å². The molecule has 0 atom stereocenters. The lowest BCUT2D eigenvalue weighted by Crippen LogP contribution is -2.51. The summed E-state index contributed by atoms with van der Waals surface area (Å²) in [6, 6.07) is 0. The standard InChI is InChI=1S/C7H13NOS.ClH/c9-10-5-7(6-10)1-3-8-4-2-7;/h8H,1-6H2;1H. The maximum Gasteiger partial charge on any atom is 0.0301 e. The molecule has 1 spiro atoms. The number of hydrogen-bond acceptors (Lipinski definition) is 2. The highest BCUT2D eigenvalue weighted by molar-refractivity contribution is 7.86. The van der Waals surface area contributed by atoms with Crippen LogP contribution in [-0.2, 0) is 10.8 Å². The van der Waals surface area contributed by atoms with Crippen LogP contribution in [0.2, 0.25) is 0 Å². The Labute approximate surface area is 76.0 Å². The molecule has 0 aromatic rings. The van der Waals surface area contributed by atoms with E-state index in [4.69, 9.17) is 0 Å². The highest BCUT2D eigenvalue weighted by atomic mass is 35.5. The summed E-state index contributed by atoms with van der Waals surface area (Å²) in [4.78, 5) is 0. The van der Waals surface area contributed by atoms with E-state index < -0.39 is 10.8 Å². The lowest BCUT2D eigenvalue weighted by atomic mass is 9.82. The van der Waals surface area contributed by atoms with Crippen LogP contribution in [0.5, 0.6) is 0 Å². The van der Waals surface area contributed by atoms with Crippen LogP contribution in [0.25, 0.3) is 0 Å². The Hall–Kier alpha value is 0.400. The van der Waals surface area contributed by atoms with Gasteiger partial charge >= 0.3 is 0 Å². The Bertz CT molecular complexity index is 158. The first-order chi connectivity index (χ1) is 4.81. The average molecular weight is 196 g/mol. The first kappa shape index (κ1) is 9.49. The van der Waals surface area contributed by atoms with E-state index in [1.807, 2.05) is 0 Å². The first-order valence-electron chi connectivity index (χ1n) is 3.87. The van der Waals surface area contributed by atoms with E-state index in [1.165, 1.54) is 12.8 Å². The Morgan fingerprint density at radius 1 is 1.18 bits per heavy atom. The number of rotatable bonds is 0. The lowest BCUT2D eigenvalue weighted by molar-refractivity contribution is 0.248. The van der Waals surface area contributed by atoms with Gasteiger partial charge in [-0.25, -0.2) is 0 Å². The van der Waals surface area contributed by atoms with Crippen molar-refractivity contribution in [3.63, 3.8) is 0 Å². The van der Waals surface area contributed by atoms with Gasteiger partial charge in [0, 0.05) is 22.3 Å². The van der Waals surface area contributed by atoms with Crippen molar-refractivity contribution in [1.29, 1.82) is 0 Å². The molecule has 0 aliphatic carbocycles. The molecule has 0 aromatic heterocycles. The fraction of sp³-hybridized carbons (Fsp3) is 1.00. The third kappa shape index (κ3) is 1.76. The summed E-state index contributed by atoms with van der Waals surface area (Å²) < 4.78 is 10.9. The molecular formula is C7H14ClNOS. The highest BCUT2D eigenvalue weighted by Gasteiger charge is 2.42. The third-order valence-corrected chi connectivity index (χ3v) is 4.47. The van der Waals surface area contributed by atoms with Crippen molar-refractivity contribution in [2.75, 3.05) is 24.6 Å². The number of halogens is 1. The first-order valence-corrected chi connectivity index (χ1v) is 5.35. The van der Waals surface area contributed by atoms with Crippen LogP contribution in [0.15, 0.2) is 0 Å². The molecule has 4 heteroatoms. The Balaban J connectivity index is 0.000000605. The summed E-state index contributed by atoms with van der Waals surface area (Å²) in [5.74, 6) is 1.96. The van der Waals surface area contributed by atoms with Crippen LogP contribution in [0.1, 0.15) is 12.8 Å². The largest absolute Gasteiger partial charge is 0.317 e. The monoisotopic (exact) mass is 195 g/mol. The van der Waals surface area contributed by atoms with Crippen LogP contribution < -0.4 is 5.32 Å². The Morgan fingerprint density at radius 2 is 1.73 bits per heavy atom. The van der Waals surface area contributed by atoms with Crippen LogP contribution in [-0.4, -0.2) is 28.8 Å². The fourth-order valence-electron chi connectivity index (χ4n) is 1.89. The van der Waals surface area contributed by atoms with E-state index in [2.05, 4.69) is 5.32 Å². The van der Waals surface area contributed by atoms with Crippen molar-refractivity contribution < 1.29 is 4.21 Å². The van der Waals surface area contributed by atoms with Gasteiger partial charge in [-0.3, -0.25) is 4.21 Å². The van der Waals surface area contributed by atoms with Gasteiger partial charge in [-0.15, -0.1) is 12.4 Å². The molecule has 2 saturated heterocycles. The van der Waals surface area contributed by atoms with Gasteiger partial charge in [0.25, 0.3) is 0 Å². The van der Waals surface area contributed by atoms with Crippen molar-refractivity contribution >= 4 is 23.2 Å². The number of piperidine rings is 1. The zero-order chi connectivity index (χ0) is 7.03. The van der Waals surface area contributed by atoms with Crippen LogP contribution in [0.4, 0.5) is 0 Å². The molecule has 0 saturated carbocycles. The van der Waals surface area contributed by atoms with E-state index in [0.29, 0.717) is 5.41 Å². The maximum atomic E-state index is 10.9. The molecule has 0 amide bonds. The summed E-state index contributed by atoms with van der Waals surface area (Å²) in [6.07, 6.45) is 2.50. The molecule has 66 valence electrons. The smallest absolute Gasteiger partial charge is 0.0301 e. The zero-order valence-electron chi connectivity index (χ0n) is 6.47. The molecule has 2 rings (SSSR count). The van der Waals surface area contributed by atoms with Crippen LogP contribution in [0.3, 0.4) is 0 Å². The van der Waals surface area contributed by atoms with Gasteiger partial charge in [-0.1, -0.05) is 0 Å². The molecule has 0 bridgehead atoms. The predicted molar refractivity (Wildman–Crippen MR) is 49.7 cm³/mol. The van der Waals surface area contributed by atoms with Crippen LogP contribution in [0, 0.1) is 5.41 Å². The van der Waals surface area contributed by atoms with Gasteiger partial charge in [0.2, 0.25) is 0 Å². The molecule has 2 fully saturated rings. The molecule has 0 aromatic carbocycles. The van der Waals surface area contributed by atoms with E-state index >= 15 is 0 Å². The van der Waals surface area contributed by atoms with Gasteiger partial charge in [0.15, 0.2) is 0 Å². The second-order valence-electron chi connectivity index (χ2n) is 3.48. The van der Waals surface area contributed by atoms with E-state index in [0.717, 1.165) is 24.6 Å². The Morgan fingerprint density at radius 3 is 2.18 bits per heavy atom. The molecule has 0 radical (unpaired) electrons. The summed E-state index contributed by atoms with van der Waals surface area (Å²) in [5.41, 5.74) is 0.510. The molecule has 2 aliphatic heterocycles. The minimum absolute atomic E-state index is 0. The minimum atomic E-state index is -0.457. The molecule has 1 N–H and O–H groups in total. The van der Waals surface area contributed by atoms with Gasteiger partial charge in [0.05, 0.1) is 0 Å². The van der Waals surface area contributed by atoms with Crippen molar-refractivity contribution in [2.24, 2.45) is 5.41 Å². The average Bonchev–Trinajstić information content (AvgIpc) is 1.87. The zero-order valence-corrected chi connectivity index (χ0v) is 8.10. The van der Waals surface area contributed by atoms with Gasteiger partial charge in [0.1, 0.15) is 0 Å².